The highest BCUT2D eigenvalue weighted by molar-refractivity contribution is 7.98. The number of aryl methyl sites for hydroxylation is 1. The molecule has 0 saturated heterocycles. The van der Waals surface area contributed by atoms with Crippen LogP contribution in [0.1, 0.15) is 37.9 Å². The summed E-state index contributed by atoms with van der Waals surface area (Å²) in [4.78, 5) is 27.3. The molecule has 0 aliphatic heterocycles. The Morgan fingerprint density at radius 2 is 2.14 bits per heavy atom. The minimum atomic E-state index is -0.999. The second-order valence-electron chi connectivity index (χ2n) is 5.87. The number of hydrogen-bond donors (Lipinski definition) is 2. The second-order valence-corrected chi connectivity index (χ2v) is 8.03. The summed E-state index contributed by atoms with van der Waals surface area (Å²) in [5.74, 6) is 0.207. The fourth-order valence-corrected chi connectivity index (χ4v) is 3.25. The van der Waals surface area contributed by atoms with Gasteiger partial charge in [0.15, 0.2) is 0 Å². The van der Waals surface area contributed by atoms with Gasteiger partial charge in [-0.05, 0) is 12.3 Å². The highest BCUT2D eigenvalue weighted by atomic mass is 32.2. The largest absolute Gasteiger partial charge is 0.480 e. The maximum Gasteiger partial charge on any atom is 0.326 e. The molecule has 0 saturated carbocycles. The van der Waals surface area contributed by atoms with Crippen LogP contribution in [0.4, 0.5) is 0 Å². The van der Waals surface area contributed by atoms with E-state index >= 15 is 0 Å². The number of aromatic nitrogens is 1. The maximum atomic E-state index is 11.8. The van der Waals surface area contributed by atoms with Gasteiger partial charge in [-0.25, -0.2) is 9.78 Å². The zero-order valence-corrected chi connectivity index (χ0v) is 14.4. The smallest absolute Gasteiger partial charge is 0.326 e. The van der Waals surface area contributed by atoms with Crippen LogP contribution in [0, 0.1) is 12.3 Å². The Labute approximate surface area is 133 Å². The number of carbonyl (C=O) groups is 2. The van der Waals surface area contributed by atoms with Crippen molar-refractivity contribution < 1.29 is 14.7 Å². The maximum absolute atomic E-state index is 11.8. The van der Waals surface area contributed by atoms with E-state index in [-0.39, 0.29) is 5.91 Å². The zero-order valence-electron chi connectivity index (χ0n) is 12.8. The van der Waals surface area contributed by atoms with Crippen molar-refractivity contribution in [1.82, 2.24) is 10.3 Å². The Morgan fingerprint density at radius 3 is 2.62 bits per heavy atom. The molecule has 0 aromatic carbocycles. The Hall–Kier alpha value is -1.08. The van der Waals surface area contributed by atoms with Crippen LogP contribution in [0.3, 0.4) is 0 Å². The van der Waals surface area contributed by atoms with Gasteiger partial charge in [0, 0.05) is 23.3 Å². The van der Waals surface area contributed by atoms with Crippen molar-refractivity contribution in [2.24, 2.45) is 5.41 Å². The van der Waals surface area contributed by atoms with Gasteiger partial charge in [0.1, 0.15) is 6.04 Å². The second kappa shape index (κ2) is 7.79. The summed E-state index contributed by atoms with van der Waals surface area (Å²) in [6, 6.07) is -0.865. The van der Waals surface area contributed by atoms with Crippen molar-refractivity contribution >= 4 is 35.0 Å². The normalized spacial score (nSPS) is 13.0. The summed E-state index contributed by atoms with van der Waals surface area (Å²) in [5, 5.41) is 14.8. The quantitative estimate of drug-likeness (QED) is 0.752. The Morgan fingerprint density at radius 1 is 1.48 bits per heavy atom. The van der Waals surface area contributed by atoms with Crippen LogP contribution >= 0.6 is 23.1 Å². The van der Waals surface area contributed by atoms with Gasteiger partial charge >= 0.3 is 5.97 Å². The van der Waals surface area contributed by atoms with E-state index < -0.39 is 17.4 Å². The van der Waals surface area contributed by atoms with Gasteiger partial charge in [0.05, 0.1) is 10.7 Å². The lowest BCUT2D eigenvalue weighted by atomic mass is 9.87. The van der Waals surface area contributed by atoms with Crippen molar-refractivity contribution in [3.05, 3.63) is 16.1 Å². The first-order chi connectivity index (χ1) is 9.70. The predicted molar refractivity (Wildman–Crippen MR) is 86.7 cm³/mol. The number of nitrogens with zero attached hydrogens (tertiary/aromatic N) is 1. The molecule has 1 aromatic rings. The van der Waals surface area contributed by atoms with Crippen molar-refractivity contribution in [3.63, 3.8) is 0 Å². The van der Waals surface area contributed by atoms with Gasteiger partial charge < -0.3 is 10.4 Å². The Bertz CT molecular complexity index is 495. The van der Waals surface area contributed by atoms with E-state index in [1.165, 1.54) is 0 Å². The highest BCUT2D eigenvalue weighted by Gasteiger charge is 2.32. The molecule has 0 spiro atoms. The standard InChI is InChI=1S/C14H22N2O3S2/c1-9-15-10(8-21-9)7-20-6-5-11(17)16-12(13(18)19)14(2,3)4/h8,12H,5-7H2,1-4H3,(H,16,17)(H,18,19). The van der Waals surface area contributed by atoms with Crippen LogP contribution < -0.4 is 5.32 Å². The van der Waals surface area contributed by atoms with E-state index in [2.05, 4.69) is 10.3 Å². The van der Waals surface area contributed by atoms with E-state index in [0.29, 0.717) is 12.2 Å². The molecule has 21 heavy (non-hydrogen) atoms. The molecule has 0 fully saturated rings. The molecule has 118 valence electrons. The summed E-state index contributed by atoms with van der Waals surface area (Å²) in [6.07, 6.45) is 0.313. The molecule has 1 unspecified atom stereocenters. The SMILES string of the molecule is Cc1nc(CSCCC(=O)NC(C(=O)O)C(C)(C)C)cs1. The van der Waals surface area contributed by atoms with E-state index in [4.69, 9.17) is 5.11 Å². The summed E-state index contributed by atoms with van der Waals surface area (Å²) >= 11 is 3.24. The molecular formula is C14H22N2O3S2. The van der Waals surface area contributed by atoms with Crippen LogP contribution in [0.5, 0.6) is 0 Å². The Balaban J connectivity index is 2.31. The first kappa shape index (κ1) is 18.0. The van der Waals surface area contributed by atoms with Gasteiger partial charge in [-0.3, -0.25) is 4.79 Å². The average Bonchev–Trinajstić information content (AvgIpc) is 2.76. The van der Waals surface area contributed by atoms with Gasteiger partial charge in [0.25, 0.3) is 0 Å². The number of thiazole rings is 1. The zero-order chi connectivity index (χ0) is 16.0. The number of amides is 1. The highest BCUT2D eigenvalue weighted by Crippen LogP contribution is 2.20. The molecule has 5 nitrogen and oxygen atoms in total. The fourth-order valence-electron chi connectivity index (χ4n) is 1.70. The van der Waals surface area contributed by atoms with Crippen molar-refractivity contribution in [2.75, 3.05) is 5.75 Å². The van der Waals surface area contributed by atoms with Crippen LogP contribution in [-0.2, 0) is 15.3 Å². The van der Waals surface area contributed by atoms with Crippen LogP contribution in [-0.4, -0.2) is 33.8 Å². The van der Waals surface area contributed by atoms with Crippen LogP contribution in [0.2, 0.25) is 0 Å². The molecule has 1 amide bonds. The number of hydrogen-bond acceptors (Lipinski definition) is 5. The van der Waals surface area contributed by atoms with E-state index in [9.17, 15) is 9.59 Å². The molecule has 1 aromatic heterocycles. The lowest BCUT2D eigenvalue weighted by Crippen LogP contribution is -2.49. The van der Waals surface area contributed by atoms with Crippen molar-refractivity contribution in [3.8, 4) is 0 Å². The van der Waals surface area contributed by atoms with Crippen LogP contribution in [0.15, 0.2) is 5.38 Å². The van der Waals surface area contributed by atoms with E-state index in [1.54, 1.807) is 43.9 Å². The van der Waals surface area contributed by atoms with E-state index in [1.807, 2.05) is 12.3 Å². The number of rotatable bonds is 7. The number of carboxylic acid groups (broad SMARTS) is 1. The molecule has 1 atom stereocenters. The number of carbonyl (C=O) groups excluding carboxylic acids is 1. The third-order valence-corrected chi connectivity index (χ3v) is 4.62. The van der Waals surface area contributed by atoms with Gasteiger partial charge in [-0.15, -0.1) is 11.3 Å². The van der Waals surface area contributed by atoms with Gasteiger partial charge in [0.2, 0.25) is 5.91 Å². The minimum Gasteiger partial charge on any atom is -0.480 e. The first-order valence-corrected chi connectivity index (χ1v) is 8.74. The van der Waals surface area contributed by atoms with Gasteiger partial charge in [-0.1, -0.05) is 20.8 Å². The molecule has 0 aliphatic carbocycles. The van der Waals surface area contributed by atoms with Crippen LogP contribution in [0.25, 0.3) is 0 Å². The number of aliphatic carboxylic acids is 1. The molecule has 2 N–H and O–H groups in total. The minimum absolute atomic E-state index is 0.223. The summed E-state index contributed by atoms with van der Waals surface area (Å²) in [7, 11) is 0. The monoisotopic (exact) mass is 330 g/mol. The molecular weight excluding hydrogens is 308 g/mol. The number of nitrogens with one attached hydrogen (secondary N) is 1. The molecule has 0 bridgehead atoms. The summed E-state index contributed by atoms with van der Waals surface area (Å²) < 4.78 is 0. The molecule has 7 heteroatoms. The molecule has 0 radical (unpaired) electrons. The first-order valence-electron chi connectivity index (χ1n) is 6.71. The third-order valence-electron chi connectivity index (χ3n) is 2.81. The molecule has 0 aliphatic rings. The molecule has 1 heterocycles. The summed E-state index contributed by atoms with van der Waals surface area (Å²) in [5.41, 5.74) is 0.522. The third kappa shape index (κ3) is 6.48. The number of thioether (sulfide) groups is 1. The fraction of sp³-hybridized carbons (Fsp3) is 0.643. The topological polar surface area (TPSA) is 79.3 Å². The number of carboxylic acids is 1. The summed E-state index contributed by atoms with van der Waals surface area (Å²) in [6.45, 7) is 7.35. The lowest BCUT2D eigenvalue weighted by Gasteiger charge is -2.27. The van der Waals surface area contributed by atoms with Gasteiger partial charge in [-0.2, -0.15) is 11.8 Å². The molecule has 1 rings (SSSR count). The lowest BCUT2D eigenvalue weighted by molar-refractivity contribution is -0.144. The average molecular weight is 330 g/mol. The predicted octanol–water partition coefficient (Wildman–Crippen LogP) is 2.69. The Kier molecular flexibility index (Phi) is 6.67. The van der Waals surface area contributed by atoms with E-state index in [0.717, 1.165) is 16.5 Å². The van der Waals surface area contributed by atoms with Crippen molar-refractivity contribution in [2.45, 2.75) is 45.9 Å². The van der Waals surface area contributed by atoms with Crippen molar-refractivity contribution in [1.29, 1.82) is 0 Å².